The van der Waals surface area contributed by atoms with E-state index >= 15 is 0 Å². The van der Waals surface area contributed by atoms with Crippen molar-refractivity contribution < 1.29 is 4.79 Å². The molecule has 1 aromatic carbocycles. The minimum atomic E-state index is -0.162. The molecule has 2 N–H and O–H groups in total. The van der Waals surface area contributed by atoms with E-state index in [1.807, 2.05) is 24.3 Å². The number of anilines is 1. The minimum Gasteiger partial charge on any atom is -0.331 e. The molecule has 4 heteroatoms. The first kappa shape index (κ1) is 12.4. The molecule has 0 saturated carbocycles. The van der Waals surface area contributed by atoms with Crippen LogP contribution in [0.15, 0.2) is 36.7 Å². The van der Waals surface area contributed by atoms with Crippen LogP contribution in [0.1, 0.15) is 36.7 Å². The molecule has 94 valence electrons. The molecule has 0 atom stereocenters. The molecule has 0 saturated heterocycles. The highest BCUT2D eigenvalue weighted by atomic mass is 16.1. The first-order valence-corrected chi connectivity index (χ1v) is 5.88. The van der Waals surface area contributed by atoms with E-state index in [4.69, 9.17) is 0 Å². The van der Waals surface area contributed by atoms with Crippen molar-refractivity contribution in [1.29, 1.82) is 0 Å². The van der Waals surface area contributed by atoms with E-state index in [-0.39, 0.29) is 11.3 Å². The van der Waals surface area contributed by atoms with Crippen LogP contribution in [0.4, 0.5) is 5.95 Å². The van der Waals surface area contributed by atoms with Crippen LogP contribution in [0, 0.1) is 0 Å². The first-order chi connectivity index (χ1) is 8.47. The van der Waals surface area contributed by atoms with Crippen LogP contribution < -0.4 is 5.32 Å². The van der Waals surface area contributed by atoms with Gasteiger partial charge in [0.1, 0.15) is 0 Å². The Balaban J connectivity index is 2.12. The quantitative estimate of drug-likeness (QED) is 0.852. The van der Waals surface area contributed by atoms with Gasteiger partial charge in [0, 0.05) is 18.0 Å². The van der Waals surface area contributed by atoms with Gasteiger partial charge >= 0.3 is 0 Å². The number of carbonyl (C=O) groups excluding carboxylic acids is 1. The van der Waals surface area contributed by atoms with Gasteiger partial charge in [-0.15, -0.1) is 0 Å². The molecule has 0 unspecified atom stereocenters. The van der Waals surface area contributed by atoms with Gasteiger partial charge in [-0.1, -0.05) is 32.9 Å². The third-order valence-corrected chi connectivity index (χ3v) is 2.74. The molecule has 4 nitrogen and oxygen atoms in total. The standard InChI is InChI=1S/C14H17N3O/c1-14(2,3)11-6-4-10(5-7-11)12(18)17-13-15-8-9-16-13/h4-9H,1-3H3,(H2,15,16,17,18). The molecular formula is C14H17N3O. The average Bonchev–Trinajstić information content (AvgIpc) is 2.81. The van der Waals surface area contributed by atoms with Crippen LogP contribution in [0.3, 0.4) is 0 Å². The molecule has 0 bridgehead atoms. The van der Waals surface area contributed by atoms with E-state index in [1.54, 1.807) is 12.4 Å². The van der Waals surface area contributed by atoms with E-state index in [0.29, 0.717) is 11.5 Å². The number of nitrogens with zero attached hydrogens (tertiary/aromatic N) is 1. The number of nitrogens with one attached hydrogen (secondary N) is 2. The second-order valence-electron chi connectivity index (χ2n) is 5.22. The van der Waals surface area contributed by atoms with Gasteiger partial charge in [-0.3, -0.25) is 10.1 Å². The zero-order valence-electron chi connectivity index (χ0n) is 10.8. The lowest BCUT2D eigenvalue weighted by Gasteiger charge is -2.18. The summed E-state index contributed by atoms with van der Waals surface area (Å²) in [7, 11) is 0. The van der Waals surface area contributed by atoms with E-state index in [9.17, 15) is 4.79 Å². The number of H-pyrrole nitrogens is 1. The van der Waals surface area contributed by atoms with Gasteiger partial charge in [-0.25, -0.2) is 4.98 Å². The van der Waals surface area contributed by atoms with Crippen LogP contribution in [0.25, 0.3) is 0 Å². The van der Waals surface area contributed by atoms with E-state index in [2.05, 4.69) is 36.1 Å². The molecular weight excluding hydrogens is 226 g/mol. The summed E-state index contributed by atoms with van der Waals surface area (Å²) in [6.45, 7) is 6.43. The Labute approximate surface area is 106 Å². The van der Waals surface area contributed by atoms with Crippen LogP contribution in [0.5, 0.6) is 0 Å². The summed E-state index contributed by atoms with van der Waals surface area (Å²) >= 11 is 0. The first-order valence-electron chi connectivity index (χ1n) is 5.88. The van der Waals surface area contributed by atoms with E-state index < -0.39 is 0 Å². The summed E-state index contributed by atoms with van der Waals surface area (Å²) in [5, 5.41) is 2.69. The molecule has 0 aliphatic heterocycles. The maximum Gasteiger partial charge on any atom is 0.257 e. The molecule has 2 aromatic rings. The third kappa shape index (κ3) is 2.77. The van der Waals surface area contributed by atoms with Gasteiger partial charge in [-0.2, -0.15) is 0 Å². The van der Waals surface area contributed by atoms with Crippen molar-refractivity contribution in [2.45, 2.75) is 26.2 Å². The molecule has 18 heavy (non-hydrogen) atoms. The van der Waals surface area contributed by atoms with Crippen LogP contribution in [-0.4, -0.2) is 15.9 Å². The fraction of sp³-hybridized carbons (Fsp3) is 0.286. The second kappa shape index (κ2) is 4.64. The van der Waals surface area contributed by atoms with Crippen molar-refractivity contribution in [3.8, 4) is 0 Å². The zero-order valence-corrected chi connectivity index (χ0v) is 10.8. The van der Waals surface area contributed by atoms with Crippen LogP contribution >= 0.6 is 0 Å². The average molecular weight is 243 g/mol. The van der Waals surface area contributed by atoms with Gasteiger partial charge in [0.05, 0.1) is 0 Å². The molecule has 1 heterocycles. The van der Waals surface area contributed by atoms with Gasteiger partial charge < -0.3 is 4.98 Å². The summed E-state index contributed by atoms with van der Waals surface area (Å²) < 4.78 is 0. The highest BCUT2D eigenvalue weighted by molar-refractivity contribution is 6.03. The Morgan fingerprint density at radius 3 is 2.39 bits per heavy atom. The normalized spacial score (nSPS) is 11.3. The van der Waals surface area contributed by atoms with Gasteiger partial charge in [0.25, 0.3) is 5.91 Å². The zero-order chi connectivity index (χ0) is 13.2. The van der Waals surface area contributed by atoms with Crippen molar-refractivity contribution in [2.75, 3.05) is 5.32 Å². The summed E-state index contributed by atoms with van der Waals surface area (Å²) in [5.74, 6) is 0.297. The monoisotopic (exact) mass is 243 g/mol. The Morgan fingerprint density at radius 1 is 1.22 bits per heavy atom. The fourth-order valence-electron chi connectivity index (χ4n) is 1.63. The number of hydrogen-bond donors (Lipinski definition) is 2. The number of amides is 1. The van der Waals surface area contributed by atoms with Crippen molar-refractivity contribution >= 4 is 11.9 Å². The SMILES string of the molecule is CC(C)(C)c1ccc(C(=O)Nc2ncc[nH]2)cc1. The fourth-order valence-corrected chi connectivity index (χ4v) is 1.63. The topological polar surface area (TPSA) is 57.8 Å². The number of hydrogen-bond acceptors (Lipinski definition) is 2. The Hall–Kier alpha value is -2.10. The lowest BCUT2D eigenvalue weighted by atomic mass is 9.87. The molecule has 1 amide bonds. The lowest BCUT2D eigenvalue weighted by molar-refractivity contribution is 0.102. The third-order valence-electron chi connectivity index (χ3n) is 2.74. The smallest absolute Gasteiger partial charge is 0.257 e. The summed E-state index contributed by atoms with van der Waals surface area (Å²) in [6, 6.07) is 7.63. The molecule has 0 spiro atoms. The second-order valence-corrected chi connectivity index (χ2v) is 5.22. The minimum absolute atomic E-state index is 0.0933. The predicted octanol–water partition coefficient (Wildman–Crippen LogP) is 2.96. The summed E-state index contributed by atoms with van der Waals surface area (Å²) in [4.78, 5) is 18.7. The number of aromatic nitrogens is 2. The number of carbonyl (C=O) groups is 1. The molecule has 0 fully saturated rings. The predicted molar refractivity (Wildman–Crippen MR) is 71.7 cm³/mol. The highest BCUT2D eigenvalue weighted by Crippen LogP contribution is 2.22. The Kier molecular flexibility index (Phi) is 3.19. The van der Waals surface area contributed by atoms with E-state index in [0.717, 1.165) is 0 Å². The van der Waals surface area contributed by atoms with Gasteiger partial charge in [0.2, 0.25) is 5.95 Å². The van der Waals surface area contributed by atoms with E-state index in [1.165, 1.54) is 5.56 Å². The van der Waals surface area contributed by atoms with Gasteiger partial charge in [0.15, 0.2) is 0 Å². The molecule has 0 radical (unpaired) electrons. The highest BCUT2D eigenvalue weighted by Gasteiger charge is 2.14. The van der Waals surface area contributed by atoms with Crippen molar-refractivity contribution in [1.82, 2.24) is 9.97 Å². The number of benzene rings is 1. The summed E-state index contributed by atoms with van der Waals surface area (Å²) in [6.07, 6.45) is 3.26. The molecule has 0 aliphatic carbocycles. The Morgan fingerprint density at radius 2 is 1.89 bits per heavy atom. The molecule has 2 rings (SSSR count). The summed E-state index contributed by atoms with van der Waals surface area (Å²) in [5.41, 5.74) is 1.92. The molecule has 0 aliphatic rings. The Bertz CT molecular complexity index is 521. The molecule has 1 aromatic heterocycles. The van der Waals surface area contributed by atoms with Crippen LogP contribution in [-0.2, 0) is 5.41 Å². The van der Waals surface area contributed by atoms with Crippen molar-refractivity contribution in [3.63, 3.8) is 0 Å². The number of imidazole rings is 1. The lowest BCUT2D eigenvalue weighted by Crippen LogP contribution is -2.14. The van der Waals surface area contributed by atoms with Crippen molar-refractivity contribution in [2.24, 2.45) is 0 Å². The maximum atomic E-state index is 11.9. The van der Waals surface area contributed by atoms with Crippen molar-refractivity contribution in [3.05, 3.63) is 47.8 Å². The largest absolute Gasteiger partial charge is 0.331 e. The van der Waals surface area contributed by atoms with Crippen LogP contribution in [0.2, 0.25) is 0 Å². The number of rotatable bonds is 2. The number of aromatic amines is 1. The maximum absolute atomic E-state index is 11.9. The van der Waals surface area contributed by atoms with Gasteiger partial charge in [-0.05, 0) is 23.1 Å².